The first-order valence-corrected chi connectivity index (χ1v) is 8.57. The topological polar surface area (TPSA) is 81.3 Å². The average Bonchev–Trinajstić information content (AvgIpc) is 2.67. The maximum absolute atomic E-state index is 8.73. The lowest BCUT2D eigenvalue weighted by atomic mass is 10.1. The zero-order chi connectivity index (χ0) is 17.9. The summed E-state index contributed by atoms with van der Waals surface area (Å²) in [4.78, 5) is 2.49. The van der Waals surface area contributed by atoms with Crippen molar-refractivity contribution in [3.8, 4) is 23.6 Å². The van der Waals surface area contributed by atoms with Crippen LogP contribution >= 0.6 is 0 Å². The van der Waals surface area contributed by atoms with Gasteiger partial charge in [0.15, 0.2) is 11.5 Å². The van der Waals surface area contributed by atoms with E-state index < -0.39 is 0 Å². The second-order valence-electron chi connectivity index (χ2n) is 5.90. The first-order chi connectivity index (χ1) is 12.3. The number of methoxy groups -OCH3 is 1. The lowest BCUT2D eigenvalue weighted by Gasteiger charge is -2.26. The number of rotatable bonds is 8. The number of hydrogen-bond acceptors (Lipinski definition) is 6. The van der Waals surface area contributed by atoms with Gasteiger partial charge in [-0.2, -0.15) is 10.5 Å². The molecule has 2 rings (SSSR count). The lowest BCUT2D eigenvalue weighted by Crippen LogP contribution is -2.31. The second kappa shape index (κ2) is 10.2. The molecular formula is C19H24N4O2. The number of nitrogens with zero attached hydrogens (tertiary/aromatic N) is 3. The number of benzene rings is 1. The van der Waals surface area contributed by atoms with Crippen LogP contribution in [0.1, 0.15) is 25.7 Å². The highest BCUT2D eigenvalue weighted by molar-refractivity contribution is 5.57. The molecule has 0 radical (unpaired) electrons. The lowest BCUT2D eigenvalue weighted by molar-refractivity contribution is 0.203. The minimum absolute atomic E-state index is 0.0111. The zero-order valence-corrected chi connectivity index (χ0v) is 14.6. The Bertz CT molecular complexity index is 651. The van der Waals surface area contributed by atoms with E-state index in [2.05, 4.69) is 10.2 Å². The molecule has 0 unspecified atom stereocenters. The Balaban J connectivity index is 1.85. The largest absolute Gasteiger partial charge is 0.493 e. The van der Waals surface area contributed by atoms with Gasteiger partial charge < -0.3 is 19.7 Å². The maximum Gasteiger partial charge on any atom is 0.162 e. The normalized spacial score (nSPS) is 14.0. The summed E-state index contributed by atoms with van der Waals surface area (Å²) in [6, 6.07) is 9.03. The predicted molar refractivity (Wildman–Crippen MR) is 96.3 cm³/mol. The second-order valence-corrected chi connectivity index (χ2v) is 5.90. The molecule has 1 fully saturated rings. The number of ether oxygens (including phenoxy) is 2. The Morgan fingerprint density at radius 3 is 2.64 bits per heavy atom. The van der Waals surface area contributed by atoms with Crippen LogP contribution in [0.15, 0.2) is 30.0 Å². The molecule has 6 heteroatoms. The highest BCUT2D eigenvalue weighted by Gasteiger charge is 2.10. The molecule has 6 nitrogen and oxygen atoms in total. The fourth-order valence-corrected chi connectivity index (χ4v) is 2.77. The molecule has 1 aliphatic rings. The van der Waals surface area contributed by atoms with E-state index in [0.717, 1.165) is 18.7 Å². The van der Waals surface area contributed by atoms with Crippen LogP contribution < -0.4 is 14.8 Å². The van der Waals surface area contributed by atoms with Crippen molar-refractivity contribution in [3.05, 3.63) is 30.0 Å². The van der Waals surface area contributed by atoms with Crippen LogP contribution in [0.25, 0.3) is 0 Å². The Hall–Kier alpha value is -2.70. The minimum atomic E-state index is 0.0111. The molecule has 0 spiro atoms. The van der Waals surface area contributed by atoms with Gasteiger partial charge in [0, 0.05) is 24.5 Å². The smallest absolute Gasteiger partial charge is 0.162 e. The van der Waals surface area contributed by atoms with Crippen molar-refractivity contribution in [2.45, 2.75) is 25.7 Å². The van der Waals surface area contributed by atoms with Crippen molar-refractivity contribution < 1.29 is 9.47 Å². The van der Waals surface area contributed by atoms with E-state index in [4.69, 9.17) is 20.0 Å². The fraction of sp³-hybridized carbons (Fsp3) is 0.474. The van der Waals surface area contributed by atoms with E-state index in [1.54, 1.807) is 25.3 Å². The molecule has 0 atom stereocenters. The molecule has 0 saturated carbocycles. The van der Waals surface area contributed by atoms with Gasteiger partial charge in [0.25, 0.3) is 0 Å². The molecule has 0 bridgehead atoms. The molecule has 25 heavy (non-hydrogen) atoms. The van der Waals surface area contributed by atoms with Crippen LogP contribution in [-0.4, -0.2) is 38.3 Å². The Kier molecular flexibility index (Phi) is 7.62. The van der Waals surface area contributed by atoms with Crippen LogP contribution in [0.2, 0.25) is 0 Å². The van der Waals surface area contributed by atoms with Crippen LogP contribution in [0, 0.1) is 22.7 Å². The van der Waals surface area contributed by atoms with Crippen LogP contribution in [-0.2, 0) is 0 Å². The number of anilines is 1. The Morgan fingerprint density at radius 1 is 1.20 bits per heavy atom. The van der Waals surface area contributed by atoms with Gasteiger partial charge in [-0.1, -0.05) is 6.42 Å². The first kappa shape index (κ1) is 18.6. The SMILES string of the molecule is COc1cc(NC=C(C#N)C#N)ccc1OCCCN1CCCCC1. The van der Waals surface area contributed by atoms with Crippen molar-refractivity contribution in [3.63, 3.8) is 0 Å². The predicted octanol–water partition coefficient (Wildman–Crippen LogP) is 3.29. The Morgan fingerprint density at radius 2 is 1.96 bits per heavy atom. The molecule has 1 saturated heterocycles. The van der Waals surface area contributed by atoms with E-state index in [1.165, 1.54) is 38.6 Å². The summed E-state index contributed by atoms with van der Waals surface area (Å²) < 4.78 is 11.2. The van der Waals surface area contributed by atoms with Crippen LogP contribution in [0.5, 0.6) is 11.5 Å². The number of allylic oxidation sites excluding steroid dienone is 1. The van der Waals surface area contributed by atoms with E-state index in [0.29, 0.717) is 18.1 Å². The number of nitriles is 2. The quantitative estimate of drug-likeness (QED) is 0.578. The monoisotopic (exact) mass is 340 g/mol. The highest BCUT2D eigenvalue weighted by atomic mass is 16.5. The standard InChI is InChI=1S/C19H24N4O2/c1-24-19-12-17(22-15-16(13-20)14-21)6-7-18(19)25-11-5-10-23-8-3-2-4-9-23/h6-7,12,15,22H,2-5,8-11H2,1H3. The van der Waals surface area contributed by atoms with Gasteiger partial charge in [0.2, 0.25) is 0 Å². The first-order valence-electron chi connectivity index (χ1n) is 8.57. The molecule has 132 valence electrons. The van der Waals surface area contributed by atoms with E-state index in [1.807, 2.05) is 12.1 Å². The number of piperidine rings is 1. The molecule has 0 amide bonds. The van der Waals surface area contributed by atoms with Gasteiger partial charge in [-0.05, 0) is 44.5 Å². The van der Waals surface area contributed by atoms with Gasteiger partial charge in [0.1, 0.15) is 17.7 Å². The number of hydrogen-bond donors (Lipinski definition) is 1. The summed E-state index contributed by atoms with van der Waals surface area (Å²) in [5.74, 6) is 1.31. The number of nitrogens with one attached hydrogen (secondary N) is 1. The summed E-state index contributed by atoms with van der Waals surface area (Å²) in [5, 5.41) is 20.4. The third kappa shape index (κ3) is 6.02. The van der Waals surface area contributed by atoms with E-state index in [9.17, 15) is 0 Å². The van der Waals surface area contributed by atoms with Crippen molar-refractivity contribution in [1.29, 1.82) is 10.5 Å². The molecule has 1 aromatic carbocycles. The fourth-order valence-electron chi connectivity index (χ4n) is 2.77. The highest BCUT2D eigenvalue weighted by Crippen LogP contribution is 2.30. The average molecular weight is 340 g/mol. The summed E-state index contributed by atoms with van der Waals surface area (Å²) >= 11 is 0. The molecule has 0 aliphatic carbocycles. The molecular weight excluding hydrogens is 316 g/mol. The van der Waals surface area contributed by atoms with E-state index in [-0.39, 0.29) is 5.57 Å². The Labute approximate surface area is 149 Å². The number of likely N-dealkylation sites (tertiary alicyclic amines) is 1. The zero-order valence-electron chi connectivity index (χ0n) is 14.6. The van der Waals surface area contributed by atoms with Crippen LogP contribution in [0.4, 0.5) is 5.69 Å². The minimum Gasteiger partial charge on any atom is -0.493 e. The molecule has 1 aromatic rings. The maximum atomic E-state index is 8.73. The van der Waals surface area contributed by atoms with Crippen molar-refractivity contribution >= 4 is 5.69 Å². The van der Waals surface area contributed by atoms with Crippen molar-refractivity contribution in [2.75, 3.05) is 38.7 Å². The summed E-state index contributed by atoms with van der Waals surface area (Å²) in [5.41, 5.74) is 0.734. The van der Waals surface area contributed by atoms with Gasteiger partial charge in [-0.15, -0.1) is 0 Å². The van der Waals surface area contributed by atoms with Gasteiger partial charge in [-0.3, -0.25) is 0 Å². The summed E-state index contributed by atoms with van der Waals surface area (Å²) in [6.07, 6.45) is 6.31. The van der Waals surface area contributed by atoms with Crippen LogP contribution in [0.3, 0.4) is 0 Å². The molecule has 1 aliphatic heterocycles. The van der Waals surface area contributed by atoms with Gasteiger partial charge in [0.05, 0.1) is 13.7 Å². The third-order valence-corrected chi connectivity index (χ3v) is 4.11. The van der Waals surface area contributed by atoms with Crippen molar-refractivity contribution in [1.82, 2.24) is 4.90 Å². The van der Waals surface area contributed by atoms with Crippen molar-refractivity contribution in [2.24, 2.45) is 0 Å². The van der Waals surface area contributed by atoms with Gasteiger partial charge >= 0.3 is 0 Å². The molecule has 1 heterocycles. The van der Waals surface area contributed by atoms with E-state index >= 15 is 0 Å². The third-order valence-electron chi connectivity index (χ3n) is 4.11. The van der Waals surface area contributed by atoms with Gasteiger partial charge in [-0.25, -0.2) is 0 Å². The summed E-state index contributed by atoms with van der Waals surface area (Å²) in [7, 11) is 1.59. The molecule has 1 N–H and O–H groups in total. The molecule has 0 aromatic heterocycles. The summed E-state index contributed by atoms with van der Waals surface area (Å²) in [6.45, 7) is 4.11.